The minimum atomic E-state index is 0.561. The lowest BCUT2D eigenvalue weighted by Gasteiger charge is -2.15. The van der Waals surface area contributed by atoms with E-state index in [0.717, 1.165) is 55.3 Å². The Kier molecular flexibility index (Phi) is 6.96. The molecule has 9 aromatic rings. The Morgan fingerprint density at radius 3 is 1.65 bits per heavy atom. The van der Waals surface area contributed by atoms with Gasteiger partial charge >= 0.3 is 0 Å². The van der Waals surface area contributed by atoms with Crippen LogP contribution in [0.25, 0.3) is 71.6 Å². The Bertz CT molecular complexity index is 2920. The molecule has 0 saturated heterocycles. The maximum absolute atomic E-state index is 10.2. The highest BCUT2D eigenvalue weighted by Gasteiger charge is 2.17. The summed E-state index contributed by atoms with van der Waals surface area (Å²) in [7, 11) is 0. The molecule has 0 amide bonds. The van der Waals surface area contributed by atoms with Crippen LogP contribution in [0, 0.1) is 34.0 Å². The molecule has 0 aliphatic rings. The number of hydrogen-bond acceptors (Lipinski definition) is 3. The van der Waals surface area contributed by atoms with Crippen LogP contribution < -0.4 is 0 Å². The van der Waals surface area contributed by atoms with E-state index in [0.29, 0.717) is 23.2 Å². The summed E-state index contributed by atoms with van der Waals surface area (Å²) >= 11 is 0. The van der Waals surface area contributed by atoms with Gasteiger partial charge in [0.2, 0.25) is 0 Å². The Labute approximate surface area is 294 Å². The highest BCUT2D eigenvalue weighted by Crippen LogP contribution is 2.37. The molecule has 0 aliphatic carbocycles. The molecule has 0 N–H and O–H groups in total. The number of rotatable bonds is 5. The van der Waals surface area contributed by atoms with Crippen LogP contribution >= 0.6 is 0 Å². The SMILES string of the molecule is N#Cc1ccc(Cn2c3ccccc3c3ccccc32)c(-c2ccc(-c3ccc(C#N)c(-n4c5ccccc5c5cc(C#N)ccc54)c3)cc2)c1. The van der Waals surface area contributed by atoms with Crippen LogP contribution in [0.15, 0.2) is 152 Å². The Hall–Kier alpha value is -7.39. The van der Waals surface area contributed by atoms with Crippen LogP contribution in [-0.4, -0.2) is 9.13 Å². The average Bonchev–Trinajstić information content (AvgIpc) is 3.70. The number of aromatic nitrogens is 2. The monoisotopic (exact) mass is 649 g/mol. The molecule has 9 rings (SSSR count). The van der Waals surface area contributed by atoms with Crippen molar-refractivity contribution in [2.75, 3.05) is 0 Å². The number of nitriles is 3. The quantitative estimate of drug-likeness (QED) is 0.186. The third-order valence-corrected chi connectivity index (χ3v) is 9.94. The zero-order valence-corrected chi connectivity index (χ0v) is 27.4. The van der Waals surface area contributed by atoms with Crippen LogP contribution in [0.1, 0.15) is 22.3 Å². The molecule has 7 aromatic carbocycles. The fourth-order valence-corrected chi connectivity index (χ4v) is 7.53. The third-order valence-electron chi connectivity index (χ3n) is 9.94. The lowest BCUT2D eigenvalue weighted by molar-refractivity contribution is 0.870. The molecule has 5 nitrogen and oxygen atoms in total. The molecule has 2 heterocycles. The van der Waals surface area contributed by atoms with Crippen molar-refractivity contribution in [3.05, 3.63) is 174 Å². The first-order chi connectivity index (χ1) is 25.1. The molecule has 0 atom stereocenters. The molecule has 0 radical (unpaired) electrons. The highest BCUT2D eigenvalue weighted by atomic mass is 15.0. The lowest BCUT2D eigenvalue weighted by atomic mass is 9.95. The van der Waals surface area contributed by atoms with Gasteiger partial charge in [-0.1, -0.05) is 91.0 Å². The van der Waals surface area contributed by atoms with Crippen molar-refractivity contribution >= 4 is 43.6 Å². The number of hydrogen-bond donors (Lipinski definition) is 0. The Morgan fingerprint density at radius 1 is 0.431 bits per heavy atom. The minimum absolute atomic E-state index is 0.561. The average molecular weight is 650 g/mol. The van der Waals surface area contributed by atoms with E-state index < -0.39 is 0 Å². The van der Waals surface area contributed by atoms with Gasteiger partial charge in [-0.05, 0) is 88.5 Å². The summed E-state index contributed by atoms with van der Waals surface area (Å²) in [5.74, 6) is 0. The number of para-hydroxylation sites is 3. The molecule has 2 aromatic heterocycles. The second kappa shape index (κ2) is 11.9. The fourth-order valence-electron chi connectivity index (χ4n) is 7.53. The van der Waals surface area contributed by atoms with Gasteiger partial charge in [0.05, 0.1) is 45.5 Å². The zero-order chi connectivity index (χ0) is 34.5. The summed E-state index contributed by atoms with van der Waals surface area (Å²) in [4.78, 5) is 0. The first-order valence-corrected chi connectivity index (χ1v) is 16.7. The van der Waals surface area contributed by atoms with Crippen LogP contribution in [0.2, 0.25) is 0 Å². The largest absolute Gasteiger partial charge is 0.336 e. The van der Waals surface area contributed by atoms with E-state index >= 15 is 0 Å². The van der Waals surface area contributed by atoms with Crippen molar-refractivity contribution in [1.29, 1.82) is 15.8 Å². The molecule has 0 unspecified atom stereocenters. The van der Waals surface area contributed by atoms with E-state index in [2.05, 4.69) is 124 Å². The Morgan fingerprint density at radius 2 is 0.980 bits per heavy atom. The summed E-state index contributed by atoms with van der Waals surface area (Å²) in [5.41, 5.74) is 12.0. The molecule has 236 valence electrons. The molecule has 51 heavy (non-hydrogen) atoms. The van der Waals surface area contributed by atoms with E-state index in [1.807, 2.05) is 54.6 Å². The lowest BCUT2D eigenvalue weighted by Crippen LogP contribution is -2.02. The van der Waals surface area contributed by atoms with Gasteiger partial charge in [0.1, 0.15) is 6.07 Å². The van der Waals surface area contributed by atoms with Crippen molar-refractivity contribution in [3.63, 3.8) is 0 Å². The maximum atomic E-state index is 10.2. The highest BCUT2D eigenvalue weighted by molar-refractivity contribution is 6.10. The molecule has 0 aliphatic heterocycles. The summed E-state index contributed by atoms with van der Waals surface area (Å²) < 4.78 is 4.48. The standard InChI is InChI=1S/C46H27N5/c47-26-30-13-15-36(29-50-42-10-4-1-7-37(42)38-8-2-5-11-43(38)50)40(23-30)33-18-16-32(17-19-33)34-20-21-35(28-49)46(25-34)51-44-12-6-3-9-39(44)41-24-31(27-48)14-22-45(41)51/h1-25H,29H2. The van der Waals surface area contributed by atoms with Crippen molar-refractivity contribution < 1.29 is 0 Å². The number of benzene rings is 7. The van der Waals surface area contributed by atoms with Gasteiger partial charge in [0, 0.05) is 39.1 Å². The second-order valence-electron chi connectivity index (χ2n) is 12.7. The van der Waals surface area contributed by atoms with Gasteiger partial charge < -0.3 is 9.13 Å². The molecule has 0 fully saturated rings. The van der Waals surface area contributed by atoms with Gasteiger partial charge in [0.25, 0.3) is 0 Å². The molecule has 5 heteroatoms. The van der Waals surface area contributed by atoms with E-state index in [1.54, 1.807) is 0 Å². The third kappa shape index (κ3) is 4.83. The fraction of sp³-hybridized carbons (Fsp3) is 0.0217. The van der Waals surface area contributed by atoms with Gasteiger partial charge in [-0.3, -0.25) is 0 Å². The van der Waals surface area contributed by atoms with Crippen LogP contribution in [0.5, 0.6) is 0 Å². The first kappa shape index (κ1) is 29.7. The van der Waals surface area contributed by atoms with E-state index in [9.17, 15) is 15.8 Å². The normalized spacial score (nSPS) is 11.2. The molecule has 0 bridgehead atoms. The van der Waals surface area contributed by atoms with E-state index in [-0.39, 0.29) is 0 Å². The summed E-state index contributed by atoms with van der Waals surface area (Å²) in [5, 5.41) is 34.1. The first-order valence-electron chi connectivity index (χ1n) is 16.7. The van der Waals surface area contributed by atoms with Crippen LogP contribution in [0.4, 0.5) is 0 Å². The summed E-state index contributed by atoms with van der Waals surface area (Å²) in [6.45, 7) is 0.657. The van der Waals surface area contributed by atoms with Gasteiger partial charge in [-0.15, -0.1) is 0 Å². The topological polar surface area (TPSA) is 81.2 Å². The number of fused-ring (bicyclic) bond motifs is 6. The van der Waals surface area contributed by atoms with Crippen molar-refractivity contribution in [2.24, 2.45) is 0 Å². The van der Waals surface area contributed by atoms with E-state index in [1.165, 1.54) is 21.8 Å². The predicted octanol–water partition coefficient (Wildman–Crippen LogP) is 10.9. The number of nitrogens with zero attached hydrogens (tertiary/aromatic N) is 5. The van der Waals surface area contributed by atoms with Gasteiger partial charge in [-0.2, -0.15) is 15.8 Å². The molecule has 0 spiro atoms. The molecular formula is C46H27N5. The van der Waals surface area contributed by atoms with Crippen molar-refractivity contribution in [1.82, 2.24) is 9.13 Å². The Balaban J connectivity index is 1.14. The van der Waals surface area contributed by atoms with Crippen molar-refractivity contribution in [2.45, 2.75) is 6.54 Å². The minimum Gasteiger partial charge on any atom is -0.336 e. The second-order valence-corrected chi connectivity index (χ2v) is 12.7. The van der Waals surface area contributed by atoms with Crippen LogP contribution in [0.3, 0.4) is 0 Å². The smallest absolute Gasteiger partial charge is 0.101 e. The summed E-state index contributed by atoms with van der Waals surface area (Å²) in [6, 6.07) is 58.1. The van der Waals surface area contributed by atoms with Crippen molar-refractivity contribution in [3.8, 4) is 46.1 Å². The van der Waals surface area contributed by atoms with Crippen LogP contribution in [-0.2, 0) is 6.54 Å². The zero-order valence-electron chi connectivity index (χ0n) is 27.4. The predicted molar refractivity (Wildman–Crippen MR) is 204 cm³/mol. The molecular weight excluding hydrogens is 623 g/mol. The summed E-state index contributed by atoms with van der Waals surface area (Å²) in [6.07, 6.45) is 0. The van der Waals surface area contributed by atoms with E-state index in [4.69, 9.17) is 0 Å². The molecule has 0 saturated carbocycles. The van der Waals surface area contributed by atoms with Gasteiger partial charge in [0.15, 0.2) is 0 Å². The van der Waals surface area contributed by atoms with Gasteiger partial charge in [-0.25, -0.2) is 0 Å². The maximum Gasteiger partial charge on any atom is 0.101 e.